The van der Waals surface area contributed by atoms with Gasteiger partial charge in [-0.3, -0.25) is 4.79 Å². The number of benzene rings is 2. The van der Waals surface area contributed by atoms with Crippen molar-refractivity contribution in [2.75, 3.05) is 0 Å². The van der Waals surface area contributed by atoms with E-state index in [-0.39, 0.29) is 16.4 Å². The Hall–Kier alpha value is -3.39. The Morgan fingerprint density at radius 1 is 1.07 bits per heavy atom. The normalized spacial score (nSPS) is 11.4. The van der Waals surface area contributed by atoms with Gasteiger partial charge in [-0.25, -0.2) is 5.43 Å². The van der Waals surface area contributed by atoms with Crippen molar-refractivity contribution in [3.05, 3.63) is 83.8 Å². The monoisotopic (exact) mass is 384 g/mol. The molecule has 3 rings (SSSR count). The molecule has 0 aliphatic rings. The van der Waals surface area contributed by atoms with Crippen molar-refractivity contribution in [1.29, 1.82) is 0 Å². The van der Waals surface area contributed by atoms with Crippen molar-refractivity contribution in [3.8, 4) is 5.75 Å². The molecule has 0 fully saturated rings. The zero-order valence-corrected chi connectivity index (χ0v) is 15.1. The van der Waals surface area contributed by atoms with Gasteiger partial charge < -0.3 is 8.60 Å². The summed E-state index contributed by atoms with van der Waals surface area (Å²) in [7, 11) is -3.90. The van der Waals surface area contributed by atoms with Crippen molar-refractivity contribution >= 4 is 22.2 Å². The first kappa shape index (κ1) is 18.4. The van der Waals surface area contributed by atoms with Crippen LogP contribution in [0.5, 0.6) is 5.75 Å². The number of furan rings is 1. The minimum Gasteiger partial charge on any atom is -0.459 e. The van der Waals surface area contributed by atoms with Crippen LogP contribution in [0.25, 0.3) is 0 Å². The van der Waals surface area contributed by atoms with Gasteiger partial charge in [-0.15, -0.1) is 0 Å². The Bertz CT molecular complexity index is 1040. The molecule has 1 aromatic heterocycles. The molecular formula is C19H16N2O5S. The molecule has 1 heterocycles. The lowest BCUT2D eigenvalue weighted by atomic mass is 10.2. The summed E-state index contributed by atoms with van der Waals surface area (Å²) in [6.45, 7) is 1.87. The van der Waals surface area contributed by atoms with E-state index in [1.165, 1.54) is 42.8 Å². The quantitative estimate of drug-likeness (QED) is 0.400. The van der Waals surface area contributed by atoms with Gasteiger partial charge in [0.05, 0.1) is 12.5 Å². The third kappa shape index (κ3) is 4.83. The van der Waals surface area contributed by atoms with Gasteiger partial charge in [0.2, 0.25) is 0 Å². The summed E-state index contributed by atoms with van der Waals surface area (Å²) in [6.07, 6.45) is 2.81. The maximum Gasteiger partial charge on any atom is 0.339 e. The molecule has 7 nitrogen and oxygen atoms in total. The Morgan fingerprint density at radius 3 is 2.41 bits per heavy atom. The predicted molar refractivity (Wildman–Crippen MR) is 99.2 cm³/mol. The van der Waals surface area contributed by atoms with Crippen molar-refractivity contribution in [1.82, 2.24) is 5.43 Å². The lowest BCUT2D eigenvalue weighted by Gasteiger charge is -2.07. The molecule has 138 valence electrons. The summed E-state index contributed by atoms with van der Waals surface area (Å²) in [5.74, 6) is -0.148. The number of aryl methyl sites for hydroxylation is 1. The average Bonchev–Trinajstić information content (AvgIpc) is 3.18. The molecule has 0 saturated heterocycles. The number of carbonyl (C=O) groups is 1. The van der Waals surface area contributed by atoms with Gasteiger partial charge >= 0.3 is 16.0 Å². The van der Waals surface area contributed by atoms with Crippen molar-refractivity contribution in [2.24, 2.45) is 5.10 Å². The van der Waals surface area contributed by atoms with Crippen molar-refractivity contribution in [3.63, 3.8) is 0 Å². The topological polar surface area (TPSA) is 98.0 Å². The first-order valence-corrected chi connectivity index (χ1v) is 9.33. The highest BCUT2D eigenvalue weighted by Crippen LogP contribution is 2.19. The number of nitrogens with zero attached hydrogens (tertiary/aromatic N) is 1. The van der Waals surface area contributed by atoms with Gasteiger partial charge in [0, 0.05) is 0 Å². The molecule has 2 aromatic carbocycles. The molecular weight excluding hydrogens is 368 g/mol. The maximum atomic E-state index is 12.3. The number of amides is 1. The van der Waals surface area contributed by atoms with E-state index >= 15 is 0 Å². The van der Waals surface area contributed by atoms with Crippen LogP contribution in [0.3, 0.4) is 0 Å². The van der Waals surface area contributed by atoms with Crippen molar-refractivity contribution in [2.45, 2.75) is 11.8 Å². The summed E-state index contributed by atoms with van der Waals surface area (Å²) in [6, 6.07) is 15.7. The summed E-state index contributed by atoms with van der Waals surface area (Å²) < 4.78 is 34.6. The lowest BCUT2D eigenvalue weighted by molar-refractivity contribution is 0.0927. The van der Waals surface area contributed by atoms with Crippen LogP contribution in [-0.2, 0) is 10.1 Å². The van der Waals surface area contributed by atoms with E-state index in [1.807, 2.05) is 6.92 Å². The zero-order chi connectivity index (χ0) is 19.3. The molecule has 0 bridgehead atoms. The van der Waals surface area contributed by atoms with E-state index in [9.17, 15) is 13.2 Å². The second kappa shape index (κ2) is 7.88. The number of carbonyl (C=O) groups excluding carboxylic acids is 1. The largest absolute Gasteiger partial charge is 0.459 e. The first-order valence-electron chi connectivity index (χ1n) is 7.92. The van der Waals surface area contributed by atoms with Crippen LogP contribution in [0.2, 0.25) is 0 Å². The summed E-state index contributed by atoms with van der Waals surface area (Å²) in [5.41, 5.74) is 3.93. The Labute approximate surface area is 156 Å². The van der Waals surface area contributed by atoms with E-state index in [1.54, 1.807) is 30.3 Å². The lowest BCUT2D eigenvalue weighted by Crippen LogP contribution is -2.16. The molecule has 3 aromatic rings. The third-order valence-electron chi connectivity index (χ3n) is 3.52. The maximum absolute atomic E-state index is 12.3. The number of nitrogens with one attached hydrogen (secondary N) is 1. The van der Waals surface area contributed by atoms with Gasteiger partial charge in [0.15, 0.2) is 5.76 Å². The van der Waals surface area contributed by atoms with Crippen LogP contribution >= 0.6 is 0 Å². The fourth-order valence-electron chi connectivity index (χ4n) is 2.12. The number of hydrogen-bond donors (Lipinski definition) is 1. The molecule has 0 saturated carbocycles. The van der Waals surface area contributed by atoms with E-state index in [4.69, 9.17) is 8.60 Å². The van der Waals surface area contributed by atoms with Gasteiger partial charge in [-0.2, -0.15) is 13.5 Å². The van der Waals surface area contributed by atoms with Crippen molar-refractivity contribution < 1.29 is 21.8 Å². The van der Waals surface area contributed by atoms with E-state index in [0.29, 0.717) is 5.56 Å². The fourth-order valence-corrected chi connectivity index (χ4v) is 3.05. The van der Waals surface area contributed by atoms with Crippen LogP contribution in [0, 0.1) is 6.92 Å². The highest BCUT2D eigenvalue weighted by atomic mass is 32.2. The summed E-state index contributed by atoms with van der Waals surface area (Å²) in [4.78, 5) is 11.7. The Kier molecular flexibility index (Phi) is 5.37. The molecule has 0 radical (unpaired) electrons. The number of hydrogen-bond acceptors (Lipinski definition) is 6. The van der Waals surface area contributed by atoms with Gasteiger partial charge in [0.25, 0.3) is 0 Å². The predicted octanol–water partition coefficient (Wildman–Crippen LogP) is 3.12. The van der Waals surface area contributed by atoms with E-state index < -0.39 is 16.0 Å². The number of rotatable bonds is 6. The van der Waals surface area contributed by atoms with E-state index in [2.05, 4.69) is 10.5 Å². The van der Waals surface area contributed by atoms with E-state index in [0.717, 1.165) is 5.56 Å². The first-order chi connectivity index (χ1) is 12.9. The second-order valence-corrected chi connectivity index (χ2v) is 7.14. The fraction of sp³-hybridized carbons (Fsp3) is 0.0526. The van der Waals surface area contributed by atoms with Gasteiger partial charge in [0.1, 0.15) is 10.6 Å². The summed E-state index contributed by atoms with van der Waals surface area (Å²) in [5, 5.41) is 3.81. The molecule has 0 atom stereocenters. The minimum atomic E-state index is -3.90. The zero-order valence-electron chi connectivity index (χ0n) is 14.3. The smallest absolute Gasteiger partial charge is 0.339 e. The molecule has 8 heteroatoms. The van der Waals surface area contributed by atoms with Gasteiger partial charge in [-0.05, 0) is 61.0 Å². The van der Waals surface area contributed by atoms with Crippen LogP contribution in [0.1, 0.15) is 21.7 Å². The summed E-state index contributed by atoms with van der Waals surface area (Å²) >= 11 is 0. The molecule has 0 spiro atoms. The van der Waals surface area contributed by atoms with Crippen LogP contribution in [0.15, 0.2) is 81.3 Å². The minimum absolute atomic E-state index is 0.0828. The highest BCUT2D eigenvalue weighted by molar-refractivity contribution is 7.87. The highest BCUT2D eigenvalue weighted by Gasteiger charge is 2.16. The standard InChI is InChI=1S/C19H16N2O5S/c1-14-4-10-17(11-5-14)27(23,24)26-16-8-6-15(7-9-16)13-20-21-19(22)18-3-2-12-25-18/h2-13H,1H3,(H,21,22)/b20-13-. The second-order valence-electron chi connectivity index (χ2n) is 5.60. The average molecular weight is 384 g/mol. The third-order valence-corrected chi connectivity index (χ3v) is 4.78. The van der Waals surface area contributed by atoms with Crippen LogP contribution in [-0.4, -0.2) is 20.5 Å². The molecule has 0 unspecified atom stereocenters. The molecule has 27 heavy (non-hydrogen) atoms. The number of hydrazone groups is 1. The van der Waals surface area contributed by atoms with Crippen LogP contribution in [0.4, 0.5) is 0 Å². The molecule has 1 amide bonds. The Morgan fingerprint density at radius 2 is 1.78 bits per heavy atom. The van der Waals surface area contributed by atoms with Gasteiger partial charge in [-0.1, -0.05) is 17.7 Å². The SMILES string of the molecule is Cc1ccc(S(=O)(=O)Oc2ccc(/C=N\NC(=O)c3ccco3)cc2)cc1. The molecule has 1 N–H and O–H groups in total. The molecule has 0 aliphatic carbocycles. The molecule has 0 aliphatic heterocycles. The Balaban J connectivity index is 1.62. The van der Waals surface area contributed by atoms with Crippen LogP contribution < -0.4 is 9.61 Å².